The van der Waals surface area contributed by atoms with E-state index >= 15 is 0 Å². The number of thioether (sulfide) groups is 1. The van der Waals surface area contributed by atoms with Gasteiger partial charge >= 0.3 is 12.1 Å². The summed E-state index contributed by atoms with van der Waals surface area (Å²) in [6.07, 6.45) is -4.14. The fourth-order valence-electron chi connectivity index (χ4n) is 1.40. The van der Waals surface area contributed by atoms with Crippen molar-refractivity contribution < 1.29 is 18.0 Å². The normalized spacial score (nSPS) is 22.3. The second kappa shape index (κ2) is 4.23. The molecule has 0 saturated carbocycles. The van der Waals surface area contributed by atoms with E-state index in [9.17, 15) is 18.0 Å². The van der Waals surface area contributed by atoms with E-state index in [1.54, 1.807) is 11.8 Å². The van der Waals surface area contributed by atoms with Crippen LogP contribution in [-0.4, -0.2) is 40.6 Å². The van der Waals surface area contributed by atoms with Gasteiger partial charge in [0.2, 0.25) is 0 Å². The van der Waals surface area contributed by atoms with Crippen molar-refractivity contribution in [2.75, 3.05) is 18.8 Å². The largest absolute Gasteiger partial charge is 0.471 e. The number of hydrogen-bond donors (Lipinski definition) is 0. The lowest BCUT2D eigenvalue weighted by molar-refractivity contribution is -0.185. The van der Waals surface area contributed by atoms with E-state index in [2.05, 4.69) is 0 Å². The minimum atomic E-state index is -4.74. The Labute approximate surface area is 91.2 Å². The van der Waals surface area contributed by atoms with Gasteiger partial charge in [-0.1, -0.05) is 13.8 Å². The highest BCUT2D eigenvalue weighted by Gasteiger charge is 2.43. The molecule has 1 fully saturated rings. The van der Waals surface area contributed by atoms with E-state index in [1.165, 1.54) is 0 Å². The Morgan fingerprint density at radius 1 is 1.33 bits per heavy atom. The molecule has 1 heterocycles. The van der Waals surface area contributed by atoms with Gasteiger partial charge in [0.15, 0.2) is 0 Å². The molecule has 0 aromatic rings. The monoisotopic (exact) mass is 241 g/mol. The molecule has 88 valence electrons. The van der Waals surface area contributed by atoms with Crippen LogP contribution < -0.4 is 0 Å². The predicted octanol–water partition coefficient (Wildman–Crippen LogP) is 2.29. The van der Waals surface area contributed by atoms with Crippen LogP contribution in [0.3, 0.4) is 0 Å². The summed E-state index contributed by atoms with van der Waals surface area (Å²) >= 11 is 1.61. The Morgan fingerprint density at radius 3 is 2.47 bits per heavy atom. The maximum atomic E-state index is 12.2. The van der Waals surface area contributed by atoms with Gasteiger partial charge in [-0.2, -0.15) is 24.9 Å². The molecule has 2 nitrogen and oxygen atoms in total. The van der Waals surface area contributed by atoms with Crippen LogP contribution in [0.4, 0.5) is 13.2 Å². The van der Waals surface area contributed by atoms with Crippen molar-refractivity contribution >= 4 is 17.7 Å². The van der Waals surface area contributed by atoms with Crippen LogP contribution in [0.1, 0.15) is 20.3 Å². The number of nitrogens with zero attached hydrogens (tertiary/aromatic N) is 1. The summed E-state index contributed by atoms with van der Waals surface area (Å²) in [7, 11) is 0. The average Bonchev–Trinajstić information content (AvgIpc) is 2.23. The van der Waals surface area contributed by atoms with Crippen LogP contribution in [-0.2, 0) is 4.79 Å². The number of halogens is 3. The highest BCUT2D eigenvalue weighted by atomic mass is 32.2. The van der Waals surface area contributed by atoms with Crippen molar-refractivity contribution in [2.24, 2.45) is 0 Å². The number of rotatable bonds is 0. The zero-order chi connectivity index (χ0) is 11.7. The quantitative estimate of drug-likeness (QED) is 0.648. The zero-order valence-electron chi connectivity index (χ0n) is 8.73. The molecule has 0 aliphatic carbocycles. The highest BCUT2D eigenvalue weighted by molar-refractivity contribution is 8.00. The van der Waals surface area contributed by atoms with Gasteiger partial charge in [0.1, 0.15) is 0 Å². The second-order valence-electron chi connectivity index (χ2n) is 4.15. The van der Waals surface area contributed by atoms with Crippen LogP contribution in [0.15, 0.2) is 0 Å². The Hall–Kier alpha value is -0.390. The molecule has 1 rings (SSSR count). The minimum absolute atomic E-state index is 0.0410. The molecule has 1 aliphatic rings. The average molecular weight is 241 g/mol. The molecule has 0 unspecified atom stereocenters. The zero-order valence-corrected chi connectivity index (χ0v) is 9.54. The first-order valence-electron chi connectivity index (χ1n) is 4.72. The topological polar surface area (TPSA) is 20.3 Å². The van der Waals surface area contributed by atoms with Crippen molar-refractivity contribution in [3.05, 3.63) is 0 Å². The van der Waals surface area contributed by atoms with E-state index < -0.39 is 12.1 Å². The summed E-state index contributed by atoms with van der Waals surface area (Å²) in [5.74, 6) is -1.14. The van der Waals surface area contributed by atoms with Crippen LogP contribution in [0.5, 0.6) is 0 Å². The van der Waals surface area contributed by atoms with Gasteiger partial charge in [-0.25, -0.2) is 0 Å². The summed E-state index contributed by atoms with van der Waals surface area (Å²) in [6.45, 7) is 4.35. The number of alkyl halides is 3. The first kappa shape index (κ1) is 12.7. The Morgan fingerprint density at radius 2 is 1.93 bits per heavy atom. The highest BCUT2D eigenvalue weighted by Crippen LogP contribution is 2.31. The van der Waals surface area contributed by atoms with Gasteiger partial charge in [0, 0.05) is 23.6 Å². The lowest BCUT2D eigenvalue weighted by atomic mass is 10.1. The SMILES string of the molecule is CC1(C)CCN(C(=O)C(F)(F)F)CCS1. The summed E-state index contributed by atoms with van der Waals surface area (Å²) in [6, 6.07) is 0. The summed E-state index contributed by atoms with van der Waals surface area (Å²) in [5, 5.41) is 0. The Balaban J connectivity index is 2.62. The summed E-state index contributed by atoms with van der Waals surface area (Å²) in [5.41, 5.74) is 0. The predicted molar refractivity (Wildman–Crippen MR) is 53.8 cm³/mol. The lowest BCUT2D eigenvalue weighted by Crippen LogP contribution is -2.42. The van der Waals surface area contributed by atoms with Crippen molar-refractivity contribution in [1.82, 2.24) is 4.90 Å². The van der Waals surface area contributed by atoms with E-state index in [-0.39, 0.29) is 17.8 Å². The van der Waals surface area contributed by atoms with Gasteiger partial charge in [-0.15, -0.1) is 0 Å². The third kappa shape index (κ3) is 3.59. The molecule has 0 N–H and O–H groups in total. The van der Waals surface area contributed by atoms with Crippen LogP contribution in [0.2, 0.25) is 0 Å². The van der Waals surface area contributed by atoms with Gasteiger partial charge < -0.3 is 4.90 Å². The first-order chi connectivity index (χ1) is 6.72. The lowest BCUT2D eigenvalue weighted by Gasteiger charge is -2.23. The maximum absolute atomic E-state index is 12.2. The number of amides is 1. The molecular weight excluding hydrogens is 227 g/mol. The summed E-state index contributed by atoms with van der Waals surface area (Å²) < 4.78 is 36.4. The van der Waals surface area contributed by atoms with Crippen molar-refractivity contribution in [3.8, 4) is 0 Å². The summed E-state index contributed by atoms with van der Waals surface area (Å²) in [4.78, 5) is 11.9. The van der Waals surface area contributed by atoms with Crippen LogP contribution in [0.25, 0.3) is 0 Å². The first-order valence-corrected chi connectivity index (χ1v) is 5.71. The molecule has 1 amide bonds. The molecule has 1 aliphatic heterocycles. The molecule has 1 saturated heterocycles. The van der Waals surface area contributed by atoms with E-state index in [1.807, 2.05) is 13.8 Å². The molecule has 0 radical (unpaired) electrons. The molecule has 0 aromatic heterocycles. The number of carbonyl (C=O) groups is 1. The van der Waals surface area contributed by atoms with Gasteiger partial charge in [0.25, 0.3) is 0 Å². The van der Waals surface area contributed by atoms with Crippen molar-refractivity contribution in [2.45, 2.75) is 31.2 Å². The smallest absolute Gasteiger partial charge is 0.334 e. The van der Waals surface area contributed by atoms with Gasteiger partial charge in [0.05, 0.1) is 0 Å². The van der Waals surface area contributed by atoms with E-state index in [0.717, 1.165) is 4.90 Å². The Bertz CT molecular complexity index is 252. The molecule has 0 bridgehead atoms. The maximum Gasteiger partial charge on any atom is 0.471 e. The molecule has 0 atom stereocenters. The molecule has 15 heavy (non-hydrogen) atoms. The third-order valence-corrected chi connectivity index (χ3v) is 3.74. The van der Waals surface area contributed by atoms with Gasteiger partial charge in [-0.3, -0.25) is 4.79 Å². The molecule has 6 heteroatoms. The van der Waals surface area contributed by atoms with Crippen molar-refractivity contribution in [3.63, 3.8) is 0 Å². The minimum Gasteiger partial charge on any atom is -0.334 e. The molecule has 0 spiro atoms. The molecule has 0 aromatic carbocycles. The van der Waals surface area contributed by atoms with E-state index in [0.29, 0.717) is 12.2 Å². The van der Waals surface area contributed by atoms with E-state index in [4.69, 9.17) is 0 Å². The standard InChI is InChI=1S/C9H14F3NOS/c1-8(2)3-4-13(5-6-15-8)7(14)9(10,11)12/h3-6H2,1-2H3. The molecular formula is C9H14F3NOS. The number of carbonyl (C=O) groups excluding carboxylic acids is 1. The van der Waals surface area contributed by atoms with Crippen LogP contribution >= 0.6 is 11.8 Å². The fourth-order valence-corrected chi connectivity index (χ4v) is 2.50. The Kier molecular flexibility index (Phi) is 3.58. The second-order valence-corrected chi connectivity index (χ2v) is 5.95. The van der Waals surface area contributed by atoms with Crippen LogP contribution in [0, 0.1) is 0 Å². The third-order valence-electron chi connectivity index (χ3n) is 2.37. The number of hydrogen-bond acceptors (Lipinski definition) is 2. The van der Waals surface area contributed by atoms with Gasteiger partial charge in [-0.05, 0) is 6.42 Å². The van der Waals surface area contributed by atoms with Crippen molar-refractivity contribution in [1.29, 1.82) is 0 Å². The fraction of sp³-hybridized carbons (Fsp3) is 0.889.